The average Bonchev–Trinajstić information content (AvgIpc) is 2.13. The fourth-order valence-electron chi connectivity index (χ4n) is 1.16. The molecule has 4 nitrogen and oxygen atoms in total. The molecule has 1 aromatic rings. The largest absolute Gasteiger partial charge is 0.310 e. The van der Waals surface area contributed by atoms with Gasteiger partial charge in [-0.1, -0.05) is 29.8 Å². The highest BCUT2D eigenvalue weighted by atomic mass is 79.9. The summed E-state index contributed by atoms with van der Waals surface area (Å²) in [4.78, 5) is 10.2. The summed E-state index contributed by atoms with van der Waals surface area (Å²) in [5.74, 6) is 0. The zero-order chi connectivity index (χ0) is 11.4. The molecule has 0 fully saturated rings. The number of nitrogens with one attached hydrogen (secondary N) is 1. The maximum atomic E-state index is 10.6. The van der Waals surface area contributed by atoms with Crippen LogP contribution in [0, 0.1) is 10.1 Å². The normalized spacial score (nSPS) is 10.7. The minimum absolute atomic E-state index is 0.116. The van der Waals surface area contributed by atoms with Gasteiger partial charge in [0.15, 0.2) is 0 Å². The third kappa shape index (κ3) is 3.97. The van der Waals surface area contributed by atoms with Gasteiger partial charge in [-0.15, -0.1) is 0 Å². The van der Waals surface area contributed by atoms with E-state index in [1.807, 2.05) is 19.9 Å². The highest BCUT2D eigenvalue weighted by Gasteiger charge is 2.08. The second-order valence-corrected chi connectivity index (χ2v) is 4.53. The van der Waals surface area contributed by atoms with Crippen molar-refractivity contribution in [3.05, 3.63) is 38.3 Å². The lowest BCUT2D eigenvalue weighted by Gasteiger charge is -2.08. The zero-order valence-electron chi connectivity index (χ0n) is 8.66. The number of hydrogen-bond donors (Lipinski definition) is 1. The fourth-order valence-corrected chi connectivity index (χ4v) is 1.69. The van der Waals surface area contributed by atoms with E-state index in [1.165, 1.54) is 6.07 Å². The first kappa shape index (κ1) is 12.1. The maximum absolute atomic E-state index is 10.6. The Bertz CT molecular complexity index is 366. The Morgan fingerprint density at radius 3 is 2.67 bits per heavy atom. The number of hydrogen-bond acceptors (Lipinski definition) is 3. The lowest BCUT2D eigenvalue weighted by molar-refractivity contribution is -0.385. The molecule has 82 valence electrons. The third-order valence-electron chi connectivity index (χ3n) is 1.87. The Labute approximate surface area is 97.0 Å². The number of nitro benzene ring substituents is 1. The van der Waals surface area contributed by atoms with Gasteiger partial charge in [0.05, 0.1) is 4.92 Å². The summed E-state index contributed by atoms with van der Waals surface area (Å²) in [5, 5.41) is 13.8. The first-order chi connectivity index (χ1) is 6.99. The van der Waals surface area contributed by atoms with Gasteiger partial charge in [-0.2, -0.15) is 0 Å². The Balaban J connectivity index is 2.84. The lowest BCUT2D eigenvalue weighted by atomic mass is 10.2. The van der Waals surface area contributed by atoms with Gasteiger partial charge in [-0.3, -0.25) is 10.1 Å². The van der Waals surface area contributed by atoms with Gasteiger partial charge in [0, 0.05) is 29.2 Å². The molecular weight excluding hydrogens is 260 g/mol. The van der Waals surface area contributed by atoms with Crippen molar-refractivity contribution in [3.8, 4) is 0 Å². The summed E-state index contributed by atoms with van der Waals surface area (Å²) in [5.41, 5.74) is 1.02. The van der Waals surface area contributed by atoms with Crippen LogP contribution in [0.3, 0.4) is 0 Å². The van der Waals surface area contributed by atoms with E-state index in [1.54, 1.807) is 6.07 Å². The molecule has 0 aliphatic heterocycles. The van der Waals surface area contributed by atoms with E-state index in [4.69, 9.17) is 0 Å². The summed E-state index contributed by atoms with van der Waals surface area (Å²) >= 11 is 3.26. The number of nitrogens with zero attached hydrogens (tertiary/aromatic N) is 1. The van der Waals surface area contributed by atoms with Crippen molar-refractivity contribution in [1.29, 1.82) is 0 Å². The Hall–Kier alpha value is -0.940. The Kier molecular flexibility index (Phi) is 4.23. The van der Waals surface area contributed by atoms with E-state index in [2.05, 4.69) is 21.2 Å². The molecule has 0 bridgehead atoms. The van der Waals surface area contributed by atoms with Crippen LogP contribution in [0.25, 0.3) is 0 Å². The molecule has 0 atom stereocenters. The van der Waals surface area contributed by atoms with E-state index in [0.717, 1.165) is 10.0 Å². The topological polar surface area (TPSA) is 55.2 Å². The van der Waals surface area contributed by atoms with Crippen LogP contribution in [0.5, 0.6) is 0 Å². The number of non-ortho nitro benzene ring substituents is 1. The molecular formula is C10H13BrN2O2. The highest BCUT2D eigenvalue weighted by Crippen LogP contribution is 2.21. The number of nitro groups is 1. The molecule has 1 N–H and O–H groups in total. The molecule has 0 saturated heterocycles. The number of rotatable bonds is 4. The number of halogens is 1. The molecule has 1 aromatic carbocycles. The molecule has 0 amide bonds. The lowest BCUT2D eigenvalue weighted by Crippen LogP contribution is -2.21. The second-order valence-electron chi connectivity index (χ2n) is 3.61. The molecule has 0 aromatic heterocycles. The maximum Gasteiger partial charge on any atom is 0.270 e. The van der Waals surface area contributed by atoms with Gasteiger partial charge in [0.25, 0.3) is 5.69 Å². The standard InChI is InChI=1S/C10H13BrN2O2/c1-7(2)12-6-8-3-9(11)5-10(4-8)13(14)15/h3-5,7,12H,6H2,1-2H3. The van der Waals surface area contributed by atoms with Gasteiger partial charge in [-0.25, -0.2) is 0 Å². The fraction of sp³-hybridized carbons (Fsp3) is 0.400. The van der Waals surface area contributed by atoms with E-state index in [9.17, 15) is 10.1 Å². The van der Waals surface area contributed by atoms with Crippen molar-refractivity contribution in [2.24, 2.45) is 0 Å². The third-order valence-corrected chi connectivity index (χ3v) is 2.33. The summed E-state index contributed by atoms with van der Waals surface area (Å²) in [6.07, 6.45) is 0. The van der Waals surface area contributed by atoms with Crippen LogP contribution in [0.4, 0.5) is 5.69 Å². The predicted octanol–water partition coefficient (Wildman–Crippen LogP) is 2.86. The smallest absolute Gasteiger partial charge is 0.270 e. The van der Waals surface area contributed by atoms with Crippen LogP contribution in [-0.2, 0) is 6.54 Å². The summed E-state index contributed by atoms with van der Waals surface area (Å²) < 4.78 is 0.734. The van der Waals surface area contributed by atoms with Crippen LogP contribution in [0.1, 0.15) is 19.4 Å². The van der Waals surface area contributed by atoms with E-state index in [0.29, 0.717) is 12.6 Å². The van der Waals surface area contributed by atoms with Crippen molar-refractivity contribution >= 4 is 21.6 Å². The minimum Gasteiger partial charge on any atom is -0.310 e. The van der Waals surface area contributed by atoms with Gasteiger partial charge >= 0.3 is 0 Å². The molecule has 15 heavy (non-hydrogen) atoms. The van der Waals surface area contributed by atoms with Crippen molar-refractivity contribution in [1.82, 2.24) is 5.32 Å². The second kappa shape index (κ2) is 5.23. The van der Waals surface area contributed by atoms with Crippen LogP contribution in [-0.4, -0.2) is 11.0 Å². The summed E-state index contributed by atoms with van der Waals surface area (Å²) in [6, 6.07) is 5.32. The molecule has 0 saturated carbocycles. The van der Waals surface area contributed by atoms with Crippen molar-refractivity contribution < 1.29 is 4.92 Å². The summed E-state index contributed by atoms with van der Waals surface area (Å²) in [6.45, 7) is 4.71. The van der Waals surface area contributed by atoms with Gasteiger partial charge in [0.1, 0.15) is 0 Å². The average molecular weight is 273 g/mol. The molecule has 0 spiro atoms. The first-order valence-corrected chi connectivity index (χ1v) is 5.45. The molecule has 5 heteroatoms. The molecule has 0 unspecified atom stereocenters. The van der Waals surface area contributed by atoms with Gasteiger partial charge in [0.2, 0.25) is 0 Å². The van der Waals surface area contributed by atoms with E-state index in [-0.39, 0.29) is 10.6 Å². The van der Waals surface area contributed by atoms with Crippen LogP contribution >= 0.6 is 15.9 Å². The molecule has 0 radical (unpaired) electrons. The van der Waals surface area contributed by atoms with Crippen LogP contribution < -0.4 is 5.32 Å². The van der Waals surface area contributed by atoms with Gasteiger partial charge < -0.3 is 5.32 Å². The van der Waals surface area contributed by atoms with Crippen LogP contribution in [0.15, 0.2) is 22.7 Å². The Morgan fingerprint density at radius 1 is 1.47 bits per heavy atom. The zero-order valence-corrected chi connectivity index (χ0v) is 10.2. The van der Waals surface area contributed by atoms with Gasteiger partial charge in [-0.05, 0) is 11.6 Å². The molecule has 0 aliphatic carbocycles. The van der Waals surface area contributed by atoms with Crippen molar-refractivity contribution in [2.45, 2.75) is 26.4 Å². The monoisotopic (exact) mass is 272 g/mol. The first-order valence-electron chi connectivity index (χ1n) is 4.66. The minimum atomic E-state index is -0.385. The highest BCUT2D eigenvalue weighted by molar-refractivity contribution is 9.10. The summed E-state index contributed by atoms with van der Waals surface area (Å²) in [7, 11) is 0. The number of benzene rings is 1. The quantitative estimate of drug-likeness (QED) is 0.678. The predicted molar refractivity (Wildman–Crippen MR) is 62.8 cm³/mol. The Morgan fingerprint density at radius 2 is 2.13 bits per heavy atom. The molecule has 0 aliphatic rings. The van der Waals surface area contributed by atoms with E-state index < -0.39 is 0 Å². The molecule has 1 rings (SSSR count). The van der Waals surface area contributed by atoms with E-state index >= 15 is 0 Å². The molecule has 0 heterocycles. The SMILES string of the molecule is CC(C)NCc1cc(Br)cc([N+](=O)[O-])c1. The van der Waals surface area contributed by atoms with Crippen molar-refractivity contribution in [3.63, 3.8) is 0 Å². The van der Waals surface area contributed by atoms with Crippen molar-refractivity contribution in [2.75, 3.05) is 0 Å². The van der Waals surface area contributed by atoms with Crippen LogP contribution in [0.2, 0.25) is 0 Å².